The van der Waals surface area contributed by atoms with E-state index in [0.29, 0.717) is 6.54 Å². The van der Waals surface area contributed by atoms with Crippen LogP contribution < -0.4 is 10.6 Å². The molecule has 2 amide bonds. The van der Waals surface area contributed by atoms with Crippen LogP contribution in [-0.4, -0.2) is 41.7 Å². The monoisotopic (exact) mass is 304 g/mol. The second-order valence-corrected chi connectivity index (χ2v) is 6.93. The number of urea groups is 1. The van der Waals surface area contributed by atoms with E-state index < -0.39 is 23.5 Å². The molecule has 0 aliphatic rings. The largest absolute Gasteiger partial charge is 0.480 e. The van der Waals surface area contributed by atoms with Crippen molar-refractivity contribution in [2.24, 2.45) is 5.41 Å². The maximum Gasteiger partial charge on any atom is 0.326 e. The minimum atomic E-state index is -1.01. The third kappa shape index (κ3) is 9.07. The molecule has 0 aromatic carbocycles. The molecule has 0 saturated carbocycles. The third-order valence-corrected chi connectivity index (χ3v) is 3.65. The fourth-order valence-corrected chi connectivity index (χ4v) is 2.25. The van der Waals surface area contributed by atoms with E-state index in [2.05, 4.69) is 16.9 Å². The van der Waals surface area contributed by atoms with Gasteiger partial charge in [-0.25, -0.2) is 9.59 Å². The van der Waals surface area contributed by atoms with Gasteiger partial charge in [-0.1, -0.05) is 33.6 Å². The summed E-state index contributed by atoms with van der Waals surface area (Å²) in [5.74, 6) is 0.171. The average Bonchev–Trinajstić information content (AvgIpc) is 2.33. The number of aliphatic carboxylic acids is 1. The molecule has 0 aromatic heterocycles. The summed E-state index contributed by atoms with van der Waals surface area (Å²) in [6.07, 6.45) is 6.49. The summed E-state index contributed by atoms with van der Waals surface area (Å²) >= 11 is 1.85. The van der Waals surface area contributed by atoms with Gasteiger partial charge in [-0.15, -0.1) is 0 Å². The maximum atomic E-state index is 11.7. The van der Waals surface area contributed by atoms with Gasteiger partial charge in [0.05, 0.1) is 0 Å². The van der Waals surface area contributed by atoms with Crippen LogP contribution in [0, 0.1) is 5.41 Å². The lowest BCUT2D eigenvalue weighted by Gasteiger charge is -2.27. The summed E-state index contributed by atoms with van der Waals surface area (Å²) < 4.78 is 0. The highest BCUT2D eigenvalue weighted by atomic mass is 32.2. The number of carbonyl (C=O) groups excluding carboxylic acids is 1. The fraction of sp³-hybridized carbons (Fsp3) is 0.857. The van der Waals surface area contributed by atoms with Crippen LogP contribution in [0.5, 0.6) is 0 Å². The summed E-state index contributed by atoms with van der Waals surface area (Å²) in [7, 11) is 0. The predicted molar refractivity (Wildman–Crippen MR) is 84.3 cm³/mol. The average molecular weight is 304 g/mol. The number of nitrogens with one attached hydrogen (secondary N) is 2. The van der Waals surface area contributed by atoms with Gasteiger partial charge in [-0.3, -0.25) is 0 Å². The SMILES string of the molecule is CSCCCCCCNC(=O)N[C@@H](C(=O)O)C(C)(C)C. The van der Waals surface area contributed by atoms with Gasteiger partial charge in [0.1, 0.15) is 6.04 Å². The Labute approximate surface area is 126 Å². The van der Waals surface area contributed by atoms with Crippen LogP contribution in [0.2, 0.25) is 0 Å². The first-order valence-corrected chi connectivity index (χ1v) is 8.44. The summed E-state index contributed by atoms with van der Waals surface area (Å²) in [6, 6.07) is -1.29. The van der Waals surface area contributed by atoms with Gasteiger partial charge in [-0.05, 0) is 30.3 Å². The predicted octanol–water partition coefficient (Wildman–Crippen LogP) is 2.71. The van der Waals surface area contributed by atoms with Crippen LogP contribution in [0.3, 0.4) is 0 Å². The molecular weight excluding hydrogens is 276 g/mol. The molecule has 3 N–H and O–H groups in total. The van der Waals surface area contributed by atoms with Crippen LogP contribution in [0.4, 0.5) is 4.79 Å². The van der Waals surface area contributed by atoms with E-state index in [1.54, 1.807) is 20.8 Å². The zero-order valence-electron chi connectivity index (χ0n) is 13.0. The molecule has 118 valence electrons. The topological polar surface area (TPSA) is 78.4 Å². The lowest BCUT2D eigenvalue weighted by atomic mass is 9.87. The van der Waals surface area contributed by atoms with Crippen LogP contribution in [0.1, 0.15) is 46.5 Å². The number of amides is 2. The zero-order valence-corrected chi connectivity index (χ0v) is 13.8. The number of rotatable bonds is 9. The molecule has 0 aromatic rings. The molecule has 0 heterocycles. The van der Waals surface area contributed by atoms with Gasteiger partial charge in [-0.2, -0.15) is 11.8 Å². The van der Waals surface area contributed by atoms with Crippen molar-refractivity contribution in [1.82, 2.24) is 10.6 Å². The van der Waals surface area contributed by atoms with Crippen LogP contribution in [0.15, 0.2) is 0 Å². The van der Waals surface area contributed by atoms with E-state index in [-0.39, 0.29) is 0 Å². The first-order chi connectivity index (χ1) is 9.29. The minimum absolute atomic E-state index is 0.406. The third-order valence-electron chi connectivity index (χ3n) is 2.95. The number of hydrogen-bond acceptors (Lipinski definition) is 3. The quantitative estimate of drug-likeness (QED) is 0.572. The van der Waals surface area contributed by atoms with Crippen LogP contribution in [-0.2, 0) is 4.79 Å². The van der Waals surface area contributed by atoms with Crippen LogP contribution in [0.25, 0.3) is 0 Å². The number of carbonyl (C=O) groups is 2. The number of unbranched alkanes of at least 4 members (excludes halogenated alkanes) is 3. The van der Waals surface area contributed by atoms with E-state index in [0.717, 1.165) is 12.8 Å². The van der Waals surface area contributed by atoms with Crippen molar-refractivity contribution < 1.29 is 14.7 Å². The fourth-order valence-electron chi connectivity index (χ4n) is 1.76. The van der Waals surface area contributed by atoms with Crippen LogP contribution >= 0.6 is 11.8 Å². The molecule has 0 bridgehead atoms. The summed E-state index contributed by atoms with van der Waals surface area (Å²) in [5.41, 5.74) is -0.513. The Hall–Kier alpha value is -0.910. The first-order valence-electron chi connectivity index (χ1n) is 7.05. The highest BCUT2D eigenvalue weighted by molar-refractivity contribution is 7.98. The molecule has 0 spiro atoms. The van der Waals surface area contributed by atoms with Gasteiger partial charge in [0.25, 0.3) is 0 Å². The molecule has 0 fully saturated rings. The van der Waals surface area contributed by atoms with Gasteiger partial charge in [0.15, 0.2) is 0 Å². The van der Waals surface area contributed by atoms with E-state index in [1.807, 2.05) is 11.8 Å². The van der Waals surface area contributed by atoms with Gasteiger partial charge >= 0.3 is 12.0 Å². The molecule has 5 nitrogen and oxygen atoms in total. The number of carboxylic acid groups (broad SMARTS) is 1. The number of carboxylic acids is 1. The molecule has 0 unspecified atom stereocenters. The first kappa shape index (κ1) is 19.1. The highest BCUT2D eigenvalue weighted by Crippen LogP contribution is 2.19. The Balaban J connectivity index is 3.84. The van der Waals surface area contributed by atoms with Crippen molar-refractivity contribution in [2.45, 2.75) is 52.5 Å². The molecule has 0 saturated heterocycles. The smallest absolute Gasteiger partial charge is 0.326 e. The second-order valence-electron chi connectivity index (χ2n) is 5.94. The van der Waals surface area contributed by atoms with E-state index in [1.165, 1.54) is 18.6 Å². The molecule has 6 heteroatoms. The van der Waals surface area contributed by atoms with Crippen molar-refractivity contribution >= 4 is 23.8 Å². The summed E-state index contributed by atoms with van der Waals surface area (Å²) in [6.45, 7) is 5.95. The summed E-state index contributed by atoms with van der Waals surface area (Å²) in [5, 5.41) is 14.3. The Morgan fingerprint density at radius 3 is 2.25 bits per heavy atom. The molecule has 0 aliphatic carbocycles. The molecule has 0 rings (SSSR count). The maximum absolute atomic E-state index is 11.7. The minimum Gasteiger partial charge on any atom is -0.480 e. The van der Waals surface area contributed by atoms with Crippen molar-refractivity contribution in [1.29, 1.82) is 0 Å². The van der Waals surface area contributed by atoms with E-state index in [4.69, 9.17) is 5.11 Å². The Bertz CT molecular complexity index is 303. The van der Waals surface area contributed by atoms with E-state index in [9.17, 15) is 9.59 Å². The van der Waals surface area contributed by atoms with Gasteiger partial charge in [0, 0.05) is 6.54 Å². The number of hydrogen-bond donors (Lipinski definition) is 3. The Morgan fingerprint density at radius 2 is 1.75 bits per heavy atom. The van der Waals surface area contributed by atoms with Gasteiger partial charge in [0.2, 0.25) is 0 Å². The van der Waals surface area contributed by atoms with Crippen molar-refractivity contribution in [3.8, 4) is 0 Å². The van der Waals surface area contributed by atoms with Gasteiger partial charge < -0.3 is 15.7 Å². The molecule has 0 aliphatic heterocycles. The standard InChI is InChI=1S/C14H28N2O3S/c1-14(2,3)11(12(17)18)16-13(19)15-9-7-5-6-8-10-20-4/h11H,5-10H2,1-4H3,(H,17,18)(H2,15,16,19)/t11-/m0/s1. The summed E-state index contributed by atoms with van der Waals surface area (Å²) in [4.78, 5) is 22.8. The lowest BCUT2D eigenvalue weighted by Crippen LogP contribution is -2.52. The van der Waals surface area contributed by atoms with Crippen molar-refractivity contribution in [2.75, 3.05) is 18.6 Å². The zero-order chi connectivity index (χ0) is 15.6. The Kier molecular flexibility index (Phi) is 9.46. The molecular formula is C14H28N2O3S. The van der Waals surface area contributed by atoms with Crippen molar-refractivity contribution in [3.63, 3.8) is 0 Å². The normalized spacial score (nSPS) is 12.8. The Morgan fingerprint density at radius 1 is 1.15 bits per heavy atom. The van der Waals surface area contributed by atoms with Crippen molar-refractivity contribution in [3.05, 3.63) is 0 Å². The molecule has 0 radical (unpaired) electrons. The van der Waals surface area contributed by atoms with E-state index >= 15 is 0 Å². The highest BCUT2D eigenvalue weighted by Gasteiger charge is 2.32. The molecule has 20 heavy (non-hydrogen) atoms. The lowest BCUT2D eigenvalue weighted by molar-refractivity contribution is -0.141. The molecule has 1 atom stereocenters. The number of thioether (sulfide) groups is 1. The second kappa shape index (κ2) is 9.91.